The van der Waals surface area contributed by atoms with Gasteiger partial charge in [0.05, 0.1) is 27.2 Å². The topological polar surface area (TPSA) is 59.1 Å². The molecular weight excluding hydrogens is 368 g/mol. The molecule has 1 unspecified atom stereocenters. The van der Waals surface area contributed by atoms with E-state index >= 15 is 0 Å². The van der Waals surface area contributed by atoms with Gasteiger partial charge in [0, 0.05) is 19.6 Å². The van der Waals surface area contributed by atoms with Crippen LogP contribution in [0, 0.1) is 0 Å². The first-order valence-corrected chi connectivity index (χ1v) is 10.1. The standard InChI is InChI=1S/C23H30N2O4/c1-24(15-17-7-8-19-13-21(28-2)10-9-18(19)12-17)22(26)16-25-11-5-4-6-20(25)14-23(27)29-3/h7-10,12-13,20H,4-6,11,14-16H2,1-3H3. The number of hydrogen-bond donors (Lipinski definition) is 0. The lowest BCUT2D eigenvalue weighted by atomic mass is 9.99. The number of piperidine rings is 1. The molecule has 1 fully saturated rings. The fraction of sp³-hybridized carbons (Fsp3) is 0.478. The second-order valence-corrected chi connectivity index (χ2v) is 7.70. The van der Waals surface area contributed by atoms with E-state index in [0.29, 0.717) is 19.5 Å². The highest BCUT2D eigenvalue weighted by Crippen LogP contribution is 2.23. The van der Waals surface area contributed by atoms with Crippen molar-refractivity contribution >= 4 is 22.6 Å². The van der Waals surface area contributed by atoms with Gasteiger partial charge >= 0.3 is 5.97 Å². The van der Waals surface area contributed by atoms with E-state index in [1.807, 2.05) is 31.3 Å². The summed E-state index contributed by atoms with van der Waals surface area (Å²) in [6.45, 7) is 1.73. The van der Waals surface area contributed by atoms with Crippen molar-refractivity contribution in [3.05, 3.63) is 42.0 Å². The molecule has 0 aliphatic carbocycles. The summed E-state index contributed by atoms with van der Waals surface area (Å²) in [6.07, 6.45) is 3.43. The number of carbonyl (C=O) groups is 2. The van der Waals surface area contributed by atoms with Gasteiger partial charge < -0.3 is 14.4 Å². The summed E-state index contributed by atoms with van der Waals surface area (Å²) in [5.41, 5.74) is 1.09. The molecular formula is C23H30N2O4. The van der Waals surface area contributed by atoms with Crippen LogP contribution in [0.1, 0.15) is 31.2 Å². The van der Waals surface area contributed by atoms with Crippen molar-refractivity contribution in [2.75, 3.05) is 34.4 Å². The molecule has 0 aromatic heterocycles. The van der Waals surface area contributed by atoms with Crippen LogP contribution >= 0.6 is 0 Å². The van der Waals surface area contributed by atoms with Crippen LogP contribution < -0.4 is 4.74 Å². The quantitative estimate of drug-likeness (QED) is 0.670. The van der Waals surface area contributed by atoms with Gasteiger partial charge in [0.2, 0.25) is 5.91 Å². The van der Waals surface area contributed by atoms with Crippen LogP contribution in [0.25, 0.3) is 10.8 Å². The molecule has 1 aliphatic heterocycles. The molecule has 0 N–H and O–H groups in total. The highest BCUT2D eigenvalue weighted by atomic mass is 16.5. The fourth-order valence-corrected chi connectivity index (χ4v) is 3.93. The zero-order valence-corrected chi connectivity index (χ0v) is 17.5. The molecule has 1 amide bonds. The van der Waals surface area contributed by atoms with Crippen molar-refractivity contribution in [2.45, 2.75) is 38.3 Å². The van der Waals surface area contributed by atoms with Crippen LogP contribution in [-0.2, 0) is 20.9 Å². The molecule has 0 saturated carbocycles. The summed E-state index contributed by atoms with van der Waals surface area (Å²) >= 11 is 0. The Balaban J connectivity index is 1.62. The Morgan fingerprint density at radius 3 is 2.62 bits per heavy atom. The summed E-state index contributed by atoms with van der Waals surface area (Å²) in [7, 11) is 4.90. The molecule has 1 atom stereocenters. The van der Waals surface area contributed by atoms with Crippen LogP contribution in [-0.4, -0.2) is 62.1 Å². The van der Waals surface area contributed by atoms with Gasteiger partial charge in [-0.15, -0.1) is 0 Å². The minimum absolute atomic E-state index is 0.0663. The first-order valence-electron chi connectivity index (χ1n) is 10.1. The third-order valence-corrected chi connectivity index (χ3v) is 5.67. The average molecular weight is 399 g/mol. The van der Waals surface area contributed by atoms with E-state index in [-0.39, 0.29) is 17.9 Å². The van der Waals surface area contributed by atoms with E-state index in [1.54, 1.807) is 12.0 Å². The second kappa shape index (κ2) is 9.74. The molecule has 0 bridgehead atoms. The van der Waals surface area contributed by atoms with Gasteiger partial charge in [-0.05, 0) is 53.9 Å². The van der Waals surface area contributed by atoms with Crippen molar-refractivity contribution in [2.24, 2.45) is 0 Å². The number of esters is 1. The maximum atomic E-state index is 12.8. The summed E-state index contributed by atoms with van der Waals surface area (Å²) in [5, 5.41) is 2.24. The van der Waals surface area contributed by atoms with Crippen molar-refractivity contribution in [3.63, 3.8) is 0 Å². The van der Waals surface area contributed by atoms with Gasteiger partial charge in [0.25, 0.3) is 0 Å². The van der Waals surface area contributed by atoms with E-state index in [1.165, 1.54) is 7.11 Å². The third-order valence-electron chi connectivity index (χ3n) is 5.67. The maximum absolute atomic E-state index is 12.8. The molecule has 0 radical (unpaired) electrons. The molecule has 6 heteroatoms. The smallest absolute Gasteiger partial charge is 0.307 e. The Kier molecular flexibility index (Phi) is 7.09. The summed E-state index contributed by atoms with van der Waals surface area (Å²) in [6, 6.07) is 12.3. The van der Waals surface area contributed by atoms with Crippen molar-refractivity contribution in [1.29, 1.82) is 0 Å². The molecule has 3 rings (SSSR count). The predicted molar refractivity (Wildman–Crippen MR) is 113 cm³/mol. The van der Waals surface area contributed by atoms with Crippen molar-refractivity contribution in [1.82, 2.24) is 9.80 Å². The number of benzene rings is 2. The summed E-state index contributed by atoms with van der Waals surface area (Å²) < 4.78 is 10.1. The van der Waals surface area contributed by atoms with Crippen molar-refractivity contribution < 1.29 is 19.1 Å². The first-order chi connectivity index (χ1) is 14.0. The van der Waals surface area contributed by atoms with Crippen LogP contribution in [0.3, 0.4) is 0 Å². The molecule has 6 nitrogen and oxygen atoms in total. The molecule has 1 saturated heterocycles. The number of rotatable bonds is 7. The molecule has 29 heavy (non-hydrogen) atoms. The number of fused-ring (bicyclic) bond motifs is 1. The minimum atomic E-state index is -0.213. The Hall–Kier alpha value is -2.60. The number of carbonyl (C=O) groups excluding carboxylic acids is 2. The lowest BCUT2D eigenvalue weighted by Crippen LogP contribution is -2.46. The zero-order chi connectivity index (χ0) is 20.8. The fourth-order valence-electron chi connectivity index (χ4n) is 3.93. The Morgan fingerprint density at radius 2 is 1.86 bits per heavy atom. The highest BCUT2D eigenvalue weighted by Gasteiger charge is 2.27. The number of ether oxygens (including phenoxy) is 2. The van der Waals surface area contributed by atoms with Gasteiger partial charge in [-0.1, -0.05) is 24.6 Å². The van der Waals surface area contributed by atoms with Crippen LogP contribution in [0.4, 0.5) is 0 Å². The molecule has 1 heterocycles. The van der Waals surface area contributed by atoms with E-state index in [0.717, 1.165) is 47.9 Å². The van der Waals surface area contributed by atoms with Gasteiger partial charge in [-0.25, -0.2) is 0 Å². The summed E-state index contributed by atoms with van der Waals surface area (Å²) in [5.74, 6) is 0.688. The van der Waals surface area contributed by atoms with Gasteiger partial charge in [0.15, 0.2) is 0 Å². The number of likely N-dealkylation sites (N-methyl/N-ethyl adjacent to an activating group) is 1. The number of nitrogens with zero attached hydrogens (tertiary/aromatic N) is 2. The number of hydrogen-bond acceptors (Lipinski definition) is 5. The van der Waals surface area contributed by atoms with Crippen LogP contribution in [0.2, 0.25) is 0 Å². The summed E-state index contributed by atoms with van der Waals surface area (Å²) in [4.78, 5) is 28.4. The Bertz CT molecular complexity index is 867. The maximum Gasteiger partial charge on any atom is 0.307 e. The third kappa shape index (κ3) is 5.48. The monoisotopic (exact) mass is 398 g/mol. The normalized spacial score (nSPS) is 17.1. The van der Waals surface area contributed by atoms with Crippen LogP contribution in [0.5, 0.6) is 5.75 Å². The number of methoxy groups -OCH3 is 2. The van der Waals surface area contributed by atoms with E-state index in [4.69, 9.17) is 9.47 Å². The van der Waals surface area contributed by atoms with E-state index < -0.39 is 0 Å². The largest absolute Gasteiger partial charge is 0.497 e. The number of amides is 1. The average Bonchev–Trinajstić information content (AvgIpc) is 2.74. The molecule has 1 aliphatic rings. The SMILES string of the molecule is COC(=O)CC1CCCCN1CC(=O)N(C)Cc1ccc2cc(OC)ccc2c1. The molecule has 0 spiro atoms. The van der Waals surface area contributed by atoms with Crippen LogP contribution in [0.15, 0.2) is 36.4 Å². The first kappa shape index (κ1) is 21.1. The number of likely N-dealkylation sites (tertiary alicyclic amines) is 1. The molecule has 2 aromatic rings. The molecule has 156 valence electrons. The van der Waals surface area contributed by atoms with Gasteiger partial charge in [-0.3, -0.25) is 14.5 Å². The lowest BCUT2D eigenvalue weighted by Gasteiger charge is -2.35. The minimum Gasteiger partial charge on any atom is -0.497 e. The van der Waals surface area contributed by atoms with E-state index in [2.05, 4.69) is 17.0 Å². The second-order valence-electron chi connectivity index (χ2n) is 7.70. The Labute approximate surface area is 172 Å². The van der Waals surface area contributed by atoms with Gasteiger partial charge in [0.1, 0.15) is 5.75 Å². The van der Waals surface area contributed by atoms with Gasteiger partial charge in [-0.2, -0.15) is 0 Å². The predicted octanol–water partition coefficient (Wildman–Crippen LogP) is 3.22. The highest BCUT2D eigenvalue weighted by molar-refractivity contribution is 5.85. The van der Waals surface area contributed by atoms with E-state index in [9.17, 15) is 9.59 Å². The Morgan fingerprint density at radius 1 is 1.10 bits per heavy atom. The zero-order valence-electron chi connectivity index (χ0n) is 17.5. The lowest BCUT2D eigenvalue weighted by molar-refractivity contribution is -0.143. The molecule has 2 aromatic carbocycles. The van der Waals surface area contributed by atoms with Crippen molar-refractivity contribution in [3.8, 4) is 5.75 Å².